The van der Waals surface area contributed by atoms with Gasteiger partial charge < -0.3 is 9.53 Å². The van der Waals surface area contributed by atoms with Crippen LogP contribution in [0.2, 0.25) is 18.1 Å². The standard InChI is InChI=1S/C15H25FO2Si/c1-11(17)14-8-7-13(16)9-12(14)10-18-19(5,6)15(2,3)4/h7-9,11,17H,10H2,1-6H3/t11-/m1/s1. The molecule has 19 heavy (non-hydrogen) atoms. The number of aliphatic hydroxyl groups is 1. The Labute approximate surface area is 116 Å². The third-order valence-corrected chi connectivity index (χ3v) is 8.43. The van der Waals surface area contributed by atoms with Crippen LogP contribution < -0.4 is 0 Å². The van der Waals surface area contributed by atoms with Crippen molar-refractivity contribution in [2.75, 3.05) is 0 Å². The fourth-order valence-electron chi connectivity index (χ4n) is 1.58. The highest BCUT2D eigenvalue weighted by molar-refractivity contribution is 6.74. The van der Waals surface area contributed by atoms with Gasteiger partial charge in [0.25, 0.3) is 0 Å². The molecule has 0 aliphatic rings. The molecule has 1 N–H and O–H groups in total. The second kappa shape index (κ2) is 5.73. The van der Waals surface area contributed by atoms with E-state index in [4.69, 9.17) is 4.43 Å². The van der Waals surface area contributed by atoms with Crippen LogP contribution in [0.3, 0.4) is 0 Å². The fraction of sp³-hybridized carbons (Fsp3) is 0.600. The Balaban J connectivity index is 2.92. The highest BCUT2D eigenvalue weighted by Crippen LogP contribution is 2.37. The Bertz CT molecular complexity index is 436. The van der Waals surface area contributed by atoms with Gasteiger partial charge in [-0.2, -0.15) is 0 Å². The minimum absolute atomic E-state index is 0.116. The van der Waals surface area contributed by atoms with Crippen LogP contribution in [-0.2, 0) is 11.0 Å². The van der Waals surface area contributed by atoms with Crippen LogP contribution in [0.25, 0.3) is 0 Å². The zero-order chi connectivity index (χ0) is 14.8. The van der Waals surface area contributed by atoms with E-state index in [-0.39, 0.29) is 10.9 Å². The van der Waals surface area contributed by atoms with Gasteiger partial charge in [-0.15, -0.1) is 0 Å². The molecule has 108 valence electrons. The van der Waals surface area contributed by atoms with E-state index in [0.29, 0.717) is 6.61 Å². The lowest BCUT2D eigenvalue weighted by molar-refractivity contribution is 0.193. The van der Waals surface area contributed by atoms with E-state index >= 15 is 0 Å². The van der Waals surface area contributed by atoms with Crippen molar-refractivity contribution in [3.8, 4) is 0 Å². The Morgan fingerprint density at radius 2 is 1.89 bits per heavy atom. The van der Waals surface area contributed by atoms with Crippen molar-refractivity contribution >= 4 is 8.32 Å². The van der Waals surface area contributed by atoms with Gasteiger partial charge in [-0.05, 0) is 48.3 Å². The lowest BCUT2D eigenvalue weighted by Crippen LogP contribution is -2.40. The molecule has 0 amide bonds. The molecular formula is C15H25FO2Si. The molecule has 0 bridgehead atoms. The van der Waals surface area contributed by atoms with Crippen LogP contribution >= 0.6 is 0 Å². The molecule has 0 spiro atoms. The Morgan fingerprint density at radius 1 is 1.32 bits per heavy atom. The molecule has 1 atom stereocenters. The summed E-state index contributed by atoms with van der Waals surface area (Å²) in [5.74, 6) is -0.293. The van der Waals surface area contributed by atoms with Crippen molar-refractivity contribution in [1.29, 1.82) is 0 Å². The minimum Gasteiger partial charge on any atom is -0.413 e. The predicted molar refractivity (Wildman–Crippen MR) is 79.0 cm³/mol. The second-order valence-electron chi connectivity index (χ2n) is 6.57. The van der Waals surface area contributed by atoms with Gasteiger partial charge in [0.15, 0.2) is 8.32 Å². The van der Waals surface area contributed by atoms with Gasteiger partial charge in [0.2, 0.25) is 0 Å². The summed E-state index contributed by atoms with van der Waals surface area (Å²) in [5, 5.41) is 9.83. The van der Waals surface area contributed by atoms with E-state index in [0.717, 1.165) is 11.1 Å². The van der Waals surface area contributed by atoms with E-state index in [1.165, 1.54) is 12.1 Å². The van der Waals surface area contributed by atoms with Crippen molar-refractivity contribution in [2.45, 2.75) is 58.5 Å². The summed E-state index contributed by atoms with van der Waals surface area (Å²) >= 11 is 0. The van der Waals surface area contributed by atoms with Gasteiger partial charge in [-0.3, -0.25) is 0 Å². The molecule has 1 aromatic rings. The molecule has 1 rings (SSSR count). The highest BCUT2D eigenvalue weighted by atomic mass is 28.4. The number of hydrogen-bond acceptors (Lipinski definition) is 2. The van der Waals surface area contributed by atoms with Crippen molar-refractivity contribution in [2.24, 2.45) is 0 Å². The van der Waals surface area contributed by atoms with Crippen molar-refractivity contribution in [3.63, 3.8) is 0 Å². The van der Waals surface area contributed by atoms with Crippen molar-refractivity contribution in [1.82, 2.24) is 0 Å². The average molecular weight is 284 g/mol. The predicted octanol–water partition coefficient (Wildman–Crippen LogP) is 4.40. The van der Waals surface area contributed by atoms with Gasteiger partial charge >= 0.3 is 0 Å². The van der Waals surface area contributed by atoms with E-state index in [1.54, 1.807) is 13.0 Å². The SMILES string of the molecule is C[C@@H](O)c1ccc(F)cc1CO[Si](C)(C)C(C)(C)C. The van der Waals surface area contributed by atoms with Crippen LogP contribution in [0.1, 0.15) is 44.9 Å². The molecule has 2 nitrogen and oxygen atoms in total. The van der Waals surface area contributed by atoms with Crippen molar-refractivity contribution < 1.29 is 13.9 Å². The van der Waals surface area contributed by atoms with Gasteiger partial charge in [-0.25, -0.2) is 4.39 Å². The smallest absolute Gasteiger partial charge is 0.192 e. The number of rotatable bonds is 4. The molecule has 0 aliphatic carbocycles. The molecule has 0 aromatic heterocycles. The van der Waals surface area contributed by atoms with Crippen LogP contribution in [-0.4, -0.2) is 13.4 Å². The molecule has 4 heteroatoms. The molecule has 0 radical (unpaired) electrons. The number of aliphatic hydroxyl groups excluding tert-OH is 1. The quantitative estimate of drug-likeness (QED) is 0.830. The maximum Gasteiger partial charge on any atom is 0.192 e. The topological polar surface area (TPSA) is 29.5 Å². The summed E-state index contributed by atoms with van der Waals surface area (Å²) in [5.41, 5.74) is 1.47. The monoisotopic (exact) mass is 284 g/mol. The first kappa shape index (κ1) is 16.3. The summed E-state index contributed by atoms with van der Waals surface area (Å²) in [4.78, 5) is 0. The fourth-order valence-corrected chi connectivity index (χ4v) is 2.53. The number of hydrogen-bond donors (Lipinski definition) is 1. The molecule has 0 fully saturated rings. The Hall–Kier alpha value is -0.713. The zero-order valence-electron chi connectivity index (χ0n) is 12.7. The molecule has 0 unspecified atom stereocenters. The normalized spacial score (nSPS) is 14.5. The second-order valence-corrected chi connectivity index (χ2v) is 11.4. The Morgan fingerprint density at radius 3 is 2.37 bits per heavy atom. The summed E-state index contributed by atoms with van der Waals surface area (Å²) in [6.45, 7) is 12.9. The van der Waals surface area contributed by atoms with Crippen LogP contribution in [0, 0.1) is 5.82 Å². The first-order valence-electron chi connectivity index (χ1n) is 6.65. The number of benzene rings is 1. The van der Waals surface area contributed by atoms with Crippen LogP contribution in [0.15, 0.2) is 18.2 Å². The van der Waals surface area contributed by atoms with E-state index in [2.05, 4.69) is 33.9 Å². The average Bonchev–Trinajstić information content (AvgIpc) is 2.24. The zero-order valence-corrected chi connectivity index (χ0v) is 13.7. The maximum absolute atomic E-state index is 13.3. The maximum atomic E-state index is 13.3. The van der Waals surface area contributed by atoms with Crippen LogP contribution in [0.5, 0.6) is 0 Å². The summed E-state index contributed by atoms with van der Waals surface area (Å²) in [6, 6.07) is 4.46. The third-order valence-electron chi connectivity index (χ3n) is 3.95. The van der Waals surface area contributed by atoms with E-state index < -0.39 is 14.4 Å². The lowest BCUT2D eigenvalue weighted by Gasteiger charge is -2.36. The molecule has 0 saturated heterocycles. The summed E-state index contributed by atoms with van der Waals surface area (Å²) < 4.78 is 19.4. The van der Waals surface area contributed by atoms with Gasteiger partial charge in [0.1, 0.15) is 5.82 Å². The molecule has 0 heterocycles. The minimum atomic E-state index is -1.87. The molecule has 1 aromatic carbocycles. The van der Waals surface area contributed by atoms with E-state index in [1.807, 2.05) is 0 Å². The highest BCUT2D eigenvalue weighted by Gasteiger charge is 2.37. The van der Waals surface area contributed by atoms with Gasteiger partial charge in [0, 0.05) is 0 Å². The number of halogens is 1. The first-order valence-corrected chi connectivity index (χ1v) is 9.56. The van der Waals surface area contributed by atoms with E-state index in [9.17, 15) is 9.50 Å². The molecule has 0 saturated carbocycles. The largest absolute Gasteiger partial charge is 0.413 e. The lowest BCUT2D eigenvalue weighted by atomic mass is 10.0. The summed E-state index contributed by atoms with van der Waals surface area (Å²) in [6.07, 6.45) is -0.612. The molecule has 0 aliphatic heterocycles. The van der Waals surface area contributed by atoms with Crippen LogP contribution in [0.4, 0.5) is 4.39 Å². The summed E-state index contributed by atoms with van der Waals surface area (Å²) in [7, 11) is -1.87. The third kappa shape index (κ3) is 4.13. The van der Waals surface area contributed by atoms with Crippen molar-refractivity contribution in [3.05, 3.63) is 35.1 Å². The first-order chi connectivity index (χ1) is 8.54. The Kier molecular flexibility index (Phi) is 4.93. The van der Waals surface area contributed by atoms with Gasteiger partial charge in [0.05, 0.1) is 12.7 Å². The van der Waals surface area contributed by atoms with Gasteiger partial charge in [-0.1, -0.05) is 26.8 Å². The molecular weight excluding hydrogens is 259 g/mol.